The first-order valence-corrected chi connectivity index (χ1v) is 16.5. The summed E-state index contributed by atoms with van der Waals surface area (Å²) in [5.74, 6) is 0. The smallest absolute Gasteiger partial charge is 0.0398 e. The first kappa shape index (κ1) is 26.7. The molecule has 0 unspecified atom stereocenters. The Morgan fingerprint density at radius 3 is 1.30 bits per heavy atom. The molecule has 0 saturated carbocycles. The Morgan fingerprint density at radius 1 is 0.450 bits per heavy atom. The average Bonchev–Trinajstić information content (AvgIpc) is 3.03. The molecule has 0 aliphatic carbocycles. The summed E-state index contributed by atoms with van der Waals surface area (Å²) >= 11 is 0. The highest BCUT2D eigenvalue weighted by molar-refractivity contribution is 8.76. The molecule has 6 aromatic rings. The summed E-state index contributed by atoms with van der Waals surface area (Å²) in [7, 11) is 4.06. The van der Waals surface area contributed by atoms with Crippen molar-refractivity contribution >= 4 is 43.1 Å². The minimum absolute atomic E-state index is 0.440. The van der Waals surface area contributed by atoms with Crippen molar-refractivity contribution in [2.45, 2.75) is 37.2 Å². The van der Waals surface area contributed by atoms with Crippen molar-refractivity contribution in [1.29, 1.82) is 0 Å². The summed E-state index contributed by atoms with van der Waals surface area (Å²) in [6, 6.07) is 49.0. The normalized spacial score (nSPS) is 12.9. The lowest BCUT2D eigenvalue weighted by molar-refractivity contribution is 0.894. The second-order valence-corrected chi connectivity index (χ2v) is 13.0. The van der Waals surface area contributed by atoms with Crippen LogP contribution < -0.4 is 0 Å². The molecule has 0 aliphatic heterocycles. The molecule has 0 fully saturated rings. The van der Waals surface area contributed by atoms with Gasteiger partial charge in [0.15, 0.2) is 0 Å². The topological polar surface area (TPSA) is 0 Å². The fraction of sp³-hybridized carbons (Fsp3) is 0.158. The zero-order valence-corrected chi connectivity index (χ0v) is 24.7. The van der Waals surface area contributed by atoms with Crippen LogP contribution in [0.1, 0.15) is 48.3 Å². The largest absolute Gasteiger partial charge is 0.0853 e. The van der Waals surface area contributed by atoms with E-state index in [2.05, 4.69) is 147 Å². The van der Waals surface area contributed by atoms with Crippen molar-refractivity contribution < 1.29 is 0 Å². The number of hydrogen-bond acceptors (Lipinski definition) is 2. The van der Waals surface area contributed by atoms with E-state index in [-0.39, 0.29) is 0 Å². The van der Waals surface area contributed by atoms with Crippen LogP contribution in [0.15, 0.2) is 133 Å². The minimum Gasteiger partial charge on any atom is -0.0853 e. The van der Waals surface area contributed by atoms with Crippen molar-refractivity contribution in [1.82, 2.24) is 0 Å². The number of hydrogen-bond donors (Lipinski definition) is 0. The summed E-state index contributed by atoms with van der Waals surface area (Å²) < 4.78 is 0. The standard InChI is InChI=1S/C38H34S2/c1-3-37(31-19-9-17-29(25-31)35-23-11-15-27-13-5-7-21-33(27)35)39-40-38(4-2)32-20-10-18-30(26-32)36-24-12-16-28-14-6-8-22-34(28)36/h5-26,37-38H,3-4H2,1-2H3/t37-,38-/m1/s1. The summed E-state index contributed by atoms with van der Waals surface area (Å²) in [4.78, 5) is 0. The SMILES string of the molecule is CC[C@@H](SS[C@H](CC)c1cccc(-c2cccc3ccccc23)c1)c1cccc(-c2cccc3ccccc23)c1. The van der Waals surface area contributed by atoms with Gasteiger partial charge in [-0.25, -0.2) is 0 Å². The van der Waals surface area contributed by atoms with Gasteiger partial charge in [0, 0.05) is 10.5 Å². The van der Waals surface area contributed by atoms with Crippen LogP contribution in [0, 0.1) is 0 Å². The highest BCUT2D eigenvalue weighted by atomic mass is 33.1. The van der Waals surface area contributed by atoms with Crippen LogP contribution in [0.2, 0.25) is 0 Å². The van der Waals surface area contributed by atoms with E-state index in [1.54, 1.807) is 0 Å². The van der Waals surface area contributed by atoms with Gasteiger partial charge in [0.1, 0.15) is 0 Å². The highest BCUT2D eigenvalue weighted by Crippen LogP contribution is 2.49. The van der Waals surface area contributed by atoms with E-state index in [0.717, 1.165) is 12.8 Å². The highest BCUT2D eigenvalue weighted by Gasteiger charge is 2.18. The van der Waals surface area contributed by atoms with E-state index in [1.807, 2.05) is 21.6 Å². The van der Waals surface area contributed by atoms with E-state index >= 15 is 0 Å². The van der Waals surface area contributed by atoms with Gasteiger partial charge in [0.25, 0.3) is 0 Å². The van der Waals surface area contributed by atoms with E-state index in [4.69, 9.17) is 0 Å². The molecule has 40 heavy (non-hydrogen) atoms. The second-order valence-electron chi connectivity index (χ2n) is 10.3. The maximum atomic E-state index is 2.41. The Labute approximate surface area is 246 Å². The fourth-order valence-electron chi connectivity index (χ4n) is 5.62. The molecule has 0 amide bonds. The molecule has 0 saturated heterocycles. The van der Waals surface area contributed by atoms with E-state index < -0.39 is 0 Å². The molecule has 6 aromatic carbocycles. The molecule has 6 rings (SSSR count). The molecule has 2 atom stereocenters. The van der Waals surface area contributed by atoms with Crippen molar-refractivity contribution in [3.05, 3.63) is 145 Å². The third-order valence-corrected chi connectivity index (χ3v) is 11.3. The zero-order valence-electron chi connectivity index (χ0n) is 23.1. The molecule has 0 nitrogen and oxygen atoms in total. The summed E-state index contributed by atoms with van der Waals surface area (Å²) in [6.07, 6.45) is 2.20. The molecule has 2 heteroatoms. The van der Waals surface area contributed by atoms with Gasteiger partial charge in [-0.2, -0.15) is 0 Å². The van der Waals surface area contributed by atoms with Crippen LogP contribution in [0.4, 0.5) is 0 Å². The third kappa shape index (κ3) is 5.57. The van der Waals surface area contributed by atoms with Gasteiger partial charge in [0.05, 0.1) is 0 Å². The fourth-order valence-corrected chi connectivity index (χ4v) is 8.96. The quantitative estimate of drug-likeness (QED) is 0.163. The summed E-state index contributed by atoms with van der Waals surface area (Å²) in [6.45, 7) is 4.62. The number of rotatable bonds is 9. The van der Waals surface area contributed by atoms with Crippen molar-refractivity contribution in [3.63, 3.8) is 0 Å². The Hall–Kier alpha value is -3.46. The van der Waals surface area contributed by atoms with Gasteiger partial charge in [0.2, 0.25) is 0 Å². The predicted octanol–water partition coefficient (Wildman–Crippen LogP) is 12.3. The molecule has 198 valence electrons. The van der Waals surface area contributed by atoms with Crippen LogP contribution in [0.5, 0.6) is 0 Å². The summed E-state index contributed by atoms with van der Waals surface area (Å²) in [5.41, 5.74) is 8.03. The lowest BCUT2D eigenvalue weighted by Crippen LogP contribution is -1.95. The zero-order chi connectivity index (χ0) is 27.3. The first-order chi connectivity index (χ1) is 19.7. The minimum atomic E-state index is 0.440. The number of benzene rings is 6. The molecule has 0 bridgehead atoms. The monoisotopic (exact) mass is 554 g/mol. The second kappa shape index (κ2) is 12.4. The number of fused-ring (bicyclic) bond motifs is 2. The maximum absolute atomic E-state index is 2.41. The van der Waals surface area contributed by atoms with Crippen LogP contribution in [-0.4, -0.2) is 0 Å². The van der Waals surface area contributed by atoms with E-state index in [1.165, 1.54) is 54.9 Å². The molecule has 0 radical (unpaired) electrons. The van der Waals surface area contributed by atoms with Crippen LogP contribution in [0.25, 0.3) is 43.8 Å². The van der Waals surface area contributed by atoms with E-state index in [9.17, 15) is 0 Å². The Balaban J connectivity index is 1.23. The maximum Gasteiger partial charge on any atom is 0.0398 e. The van der Waals surface area contributed by atoms with Crippen LogP contribution in [-0.2, 0) is 0 Å². The van der Waals surface area contributed by atoms with Crippen molar-refractivity contribution in [2.24, 2.45) is 0 Å². The Bertz CT molecular complexity index is 1610. The van der Waals surface area contributed by atoms with Gasteiger partial charge >= 0.3 is 0 Å². The molecule has 0 aliphatic rings. The van der Waals surface area contributed by atoms with E-state index in [0.29, 0.717) is 10.5 Å². The van der Waals surface area contributed by atoms with Gasteiger partial charge in [-0.3, -0.25) is 0 Å². The van der Waals surface area contributed by atoms with Crippen LogP contribution >= 0.6 is 21.6 Å². The summed E-state index contributed by atoms with van der Waals surface area (Å²) in [5, 5.41) is 6.09. The van der Waals surface area contributed by atoms with Gasteiger partial charge in [-0.05, 0) is 79.9 Å². The van der Waals surface area contributed by atoms with Crippen LogP contribution in [0.3, 0.4) is 0 Å². The van der Waals surface area contributed by atoms with Crippen molar-refractivity contribution in [2.75, 3.05) is 0 Å². The molecule has 0 aromatic heterocycles. The molecule has 0 heterocycles. The Kier molecular flexibility index (Phi) is 8.27. The molecule has 0 spiro atoms. The molecule has 0 N–H and O–H groups in total. The lowest BCUT2D eigenvalue weighted by atomic mass is 9.96. The third-order valence-electron chi connectivity index (χ3n) is 7.75. The molecular weight excluding hydrogens is 521 g/mol. The van der Waals surface area contributed by atoms with Crippen molar-refractivity contribution in [3.8, 4) is 22.3 Å². The lowest BCUT2D eigenvalue weighted by Gasteiger charge is -2.21. The van der Waals surface area contributed by atoms with Gasteiger partial charge < -0.3 is 0 Å². The first-order valence-electron chi connectivity index (χ1n) is 14.2. The predicted molar refractivity (Wildman–Crippen MR) is 180 cm³/mol. The van der Waals surface area contributed by atoms with Gasteiger partial charge in [-0.15, -0.1) is 0 Å². The van der Waals surface area contributed by atoms with Gasteiger partial charge in [-0.1, -0.05) is 157 Å². The Morgan fingerprint density at radius 2 is 0.850 bits per heavy atom. The molecular formula is C38H34S2. The average molecular weight is 555 g/mol.